The molecule has 0 unspecified atom stereocenters. The second-order valence-corrected chi connectivity index (χ2v) is 6.39. The SMILES string of the molecule is N#C/C=C/C=C/C1CCC(CCc2ccc(C(F)(F)F)cc2)CC1. The Labute approximate surface area is 141 Å². The minimum absolute atomic E-state index is 0.579. The first kappa shape index (κ1) is 18.3. The lowest BCUT2D eigenvalue weighted by Gasteiger charge is -2.26. The van der Waals surface area contributed by atoms with E-state index < -0.39 is 11.7 Å². The second-order valence-electron chi connectivity index (χ2n) is 6.39. The van der Waals surface area contributed by atoms with Gasteiger partial charge < -0.3 is 0 Å². The van der Waals surface area contributed by atoms with E-state index in [9.17, 15) is 13.2 Å². The summed E-state index contributed by atoms with van der Waals surface area (Å²) in [5.74, 6) is 1.24. The molecule has 0 aromatic heterocycles. The maximum atomic E-state index is 12.5. The number of allylic oxidation sites excluding steroid dienone is 4. The van der Waals surface area contributed by atoms with Crippen molar-refractivity contribution in [3.8, 4) is 6.07 Å². The molecule has 1 aliphatic carbocycles. The van der Waals surface area contributed by atoms with Gasteiger partial charge in [-0.15, -0.1) is 0 Å². The summed E-state index contributed by atoms with van der Waals surface area (Å²) in [6.07, 6.45) is 9.58. The fraction of sp³-hybridized carbons (Fsp3) is 0.450. The Morgan fingerprint density at radius 3 is 2.29 bits per heavy atom. The molecule has 1 nitrogen and oxygen atoms in total. The Morgan fingerprint density at radius 1 is 1.04 bits per heavy atom. The molecule has 0 aliphatic heterocycles. The smallest absolute Gasteiger partial charge is 0.193 e. The van der Waals surface area contributed by atoms with Gasteiger partial charge in [-0.2, -0.15) is 18.4 Å². The van der Waals surface area contributed by atoms with Crippen LogP contribution in [0.4, 0.5) is 13.2 Å². The van der Waals surface area contributed by atoms with Gasteiger partial charge in [-0.05, 0) is 68.1 Å². The molecule has 0 bridgehead atoms. The van der Waals surface area contributed by atoms with Crippen LogP contribution in [0, 0.1) is 23.2 Å². The Balaban J connectivity index is 1.74. The molecule has 4 heteroatoms. The number of halogens is 3. The molecule has 0 amide bonds. The number of nitriles is 1. The standard InChI is InChI=1S/C20H22F3N/c21-20(22,23)19-13-11-18(12-14-19)10-9-17-7-5-16(6-8-17)4-2-1-3-15-24/h1-4,11-14,16-17H,5-10H2/b3-1+,4-2+. The van der Waals surface area contributed by atoms with E-state index in [4.69, 9.17) is 5.26 Å². The monoisotopic (exact) mass is 333 g/mol. The van der Waals surface area contributed by atoms with Gasteiger partial charge in [0.15, 0.2) is 0 Å². The van der Waals surface area contributed by atoms with Gasteiger partial charge in [0.05, 0.1) is 11.6 Å². The van der Waals surface area contributed by atoms with Gasteiger partial charge in [0.1, 0.15) is 0 Å². The second kappa shape index (κ2) is 8.73. The zero-order valence-electron chi connectivity index (χ0n) is 13.6. The molecule has 1 aromatic rings. The van der Waals surface area contributed by atoms with Gasteiger partial charge in [0, 0.05) is 6.08 Å². The van der Waals surface area contributed by atoms with Gasteiger partial charge in [0.2, 0.25) is 0 Å². The highest BCUT2D eigenvalue weighted by Crippen LogP contribution is 2.33. The summed E-state index contributed by atoms with van der Waals surface area (Å²) in [4.78, 5) is 0. The molecule has 1 aromatic carbocycles. The highest BCUT2D eigenvalue weighted by Gasteiger charge is 2.29. The number of hydrogen-bond acceptors (Lipinski definition) is 1. The topological polar surface area (TPSA) is 23.8 Å². The minimum Gasteiger partial charge on any atom is -0.193 e. The van der Waals surface area contributed by atoms with E-state index >= 15 is 0 Å². The summed E-state index contributed by atoms with van der Waals surface area (Å²) < 4.78 is 37.6. The van der Waals surface area contributed by atoms with E-state index in [-0.39, 0.29) is 0 Å². The third kappa shape index (κ3) is 5.88. The predicted molar refractivity (Wildman–Crippen MR) is 89.1 cm³/mol. The van der Waals surface area contributed by atoms with Gasteiger partial charge in [-0.25, -0.2) is 0 Å². The minimum atomic E-state index is -4.26. The van der Waals surface area contributed by atoms with E-state index in [1.807, 2.05) is 12.1 Å². The van der Waals surface area contributed by atoms with Crippen molar-refractivity contribution in [3.05, 3.63) is 59.7 Å². The van der Waals surface area contributed by atoms with Crippen LogP contribution in [0.5, 0.6) is 0 Å². The van der Waals surface area contributed by atoms with Crippen LogP contribution in [0.1, 0.15) is 43.2 Å². The average molecular weight is 333 g/mol. The van der Waals surface area contributed by atoms with Gasteiger partial charge in [-0.3, -0.25) is 0 Å². The first-order chi connectivity index (χ1) is 11.5. The van der Waals surface area contributed by atoms with Crippen LogP contribution in [-0.4, -0.2) is 0 Å². The number of nitrogens with zero attached hydrogens (tertiary/aromatic N) is 1. The molecular weight excluding hydrogens is 311 g/mol. The molecule has 1 fully saturated rings. The molecule has 1 aliphatic rings. The average Bonchev–Trinajstić information content (AvgIpc) is 2.57. The number of alkyl halides is 3. The van der Waals surface area contributed by atoms with Crippen molar-refractivity contribution in [2.24, 2.45) is 11.8 Å². The Bertz CT molecular complexity index is 597. The lowest BCUT2D eigenvalue weighted by molar-refractivity contribution is -0.137. The molecule has 0 saturated heterocycles. The van der Waals surface area contributed by atoms with E-state index in [1.54, 1.807) is 18.2 Å². The van der Waals surface area contributed by atoms with Crippen LogP contribution < -0.4 is 0 Å². The van der Waals surface area contributed by atoms with E-state index in [0.29, 0.717) is 11.8 Å². The van der Waals surface area contributed by atoms with Crippen LogP contribution in [-0.2, 0) is 12.6 Å². The van der Waals surface area contributed by atoms with Crippen molar-refractivity contribution < 1.29 is 13.2 Å². The molecule has 0 heterocycles. The van der Waals surface area contributed by atoms with Crippen molar-refractivity contribution in [2.75, 3.05) is 0 Å². The third-order valence-corrected chi connectivity index (χ3v) is 4.68. The maximum Gasteiger partial charge on any atom is 0.416 e. The molecule has 0 radical (unpaired) electrons. The number of hydrogen-bond donors (Lipinski definition) is 0. The van der Waals surface area contributed by atoms with Crippen molar-refractivity contribution in [2.45, 2.75) is 44.7 Å². The molecule has 128 valence electrons. The normalized spacial score (nSPS) is 22.1. The molecule has 0 N–H and O–H groups in total. The van der Waals surface area contributed by atoms with E-state index in [1.165, 1.54) is 18.2 Å². The molecule has 24 heavy (non-hydrogen) atoms. The molecule has 2 rings (SSSR count). The summed E-state index contributed by atoms with van der Waals surface area (Å²) in [5, 5.41) is 8.42. The Hall–Kier alpha value is -2.02. The summed E-state index contributed by atoms with van der Waals surface area (Å²) in [5.41, 5.74) is 0.399. The van der Waals surface area contributed by atoms with Crippen molar-refractivity contribution in [3.63, 3.8) is 0 Å². The van der Waals surface area contributed by atoms with Gasteiger partial charge in [0.25, 0.3) is 0 Å². The zero-order chi connectivity index (χ0) is 17.4. The fourth-order valence-corrected chi connectivity index (χ4v) is 3.22. The Kier molecular flexibility index (Phi) is 6.66. The number of benzene rings is 1. The fourth-order valence-electron chi connectivity index (χ4n) is 3.22. The number of aryl methyl sites for hydroxylation is 1. The summed E-state index contributed by atoms with van der Waals surface area (Å²) in [7, 11) is 0. The molecule has 0 atom stereocenters. The largest absolute Gasteiger partial charge is 0.416 e. The molecular formula is C20H22F3N. The summed E-state index contributed by atoms with van der Waals surface area (Å²) in [6.45, 7) is 0. The van der Waals surface area contributed by atoms with Crippen LogP contribution in [0.15, 0.2) is 48.6 Å². The maximum absolute atomic E-state index is 12.5. The molecule has 0 spiro atoms. The highest BCUT2D eigenvalue weighted by atomic mass is 19.4. The lowest BCUT2D eigenvalue weighted by atomic mass is 9.79. The third-order valence-electron chi connectivity index (χ3n) is 4.68. The summed E-state index contributed by atoms with van der Waals surface area (Å²) in [6, 6.07) is 7.50. The molecule has 1 saturated carbocycles. The predicted octanol–water partition coefficient (Wildman–Crippen LogP) is 6.08. The summed E-state index contributed by atoms with van der Waals surface area (Å²) >= 11 is 0. The van der Waals surface area contributed by atoms with Gasteiger partial charge >= 0.3 is 6.18 Å². The van der Waals surface area contributed by atoms with E-state index in [0.717, 1.165) is 44.1 Å². The first-order valence-corrected chi connectivity index (χ1v) is 8.38. The van der Waals surface area contributed by atoms with Crippen molar-refractivity contribution in [1.82, 2.24) is 0 Å². The van der Waals surface area contributed by atoms with Crippen LogP contribution >= 0.6 is 0 Å². The zero-order valence-corrected chi connectivity index (χ0v) is 13.6. The highest BCUT2D eigenvalue weighted by molar-refractivity contribution is 5.24. The van der Waals surface area contributed by atoms with Gasteiger partial charge in [-0.1, -0.05) is 30.4 Å². The quantitative estimate of drug-likeness (QED) is 0.473. The van der Waals surface area contributed by atoms with Crippen LogP contribution in [0.3, 0.4) is 0 Å². The Morgan fingerprint density at radius 2 is 1.71 bits per heavy atom. The van der Waals surface area contributed by atoms with E-state index in [2.05, 4.69) is 6.08 Å². The first-order valence-electron chi connectivity index (χ1n) is 8.38. The lowest BCUT2D eigenvalue weighted by Crippen LogP contribution is -2.13. The number of rotatable bonds is 5. The van der Waals surface area contributed by atoms with Crippen LogP contribution in [0.25, 0.3) is 0 Å². The van der Waals surface area contributed by atoms with Crippen LogP contribution in [0.2, 0.25) is 0 Å². The van der Waals surface area contributed by atoms with Crippen molar-refractivity contribution in [1.29, 1.82) is 5.26 Å². The van der Waals surface area contributed by atoms with Crippen molar-refractivity contribution >= 4 is 0 Å².